The van der Waals surface area contributed by atoms with Gasteiger partial charge in [-0.1, -0.05) is 24.3 Å². The number of halogens is 3. The van der Waals surface area contributed by atoms with E-state index < -0.39 is 17.2 Å². The highest BCUT2D eigenvalue weighted by Crippen LogP contribution is 2.19. The average Bonchev–Trinajstić information content (AvgIpc) is 2.36. The number of hydrogen-bond donors (Lipinski definition) is 1. The number of benzene rings is 2. The van der Waals surface area contributed by atoms with Crippen LogP contribution < -0.4 is 5.73 Å². The van der Waals surface area contributed by atoms with E-state index in [0.29, 0.717) is 24.0 Å². The first-order valence-electron chi connectivity index (χ1n) is 6.34. The first kappa shape index (κ1) is 14.6. The van der Waals surface area contributed by atoms with Crippen molar-refractivity contribution in [1.82, 2.24) is 0 Å². The molecule has 0 radical (unpaired) electrons. The summed E-state index contributed by atoms with van der Waals surface area (Å²) >= 11 is 0. The van der Waals surface area contributed by atoms with Crippen molar-refractivity contribution in [3.05, 3.63) is 71.0 Å². The Morgan fingerprint density at radius 3 is 2.25 bits per heavy atom. The van der Waals surface area contributed by atoms with Crippen LogP contribution in [-0.2, 0) is 12.8 Å². The van der Waals surface area contributed by atoms with E-state index in [1.807, 2.05) is 0 Å². The normalized spacial score (nSPS) is 14.1. The van der Waals surface area contributed by atoms with Crippen LogP contribution in [0.4, 0.5) is 13.2 Å². The van der Waals surface area contributed by atoms with Crippen molar-refractivity contribution in [1.29, 1.82) is 0 Å². The van der Waals surface area contributed by atoms with Crippen molar-refractivity contribution in [2.75, 3.05) is 0 Å². The molecule has 2 aromatic carbocycles. The lowest BCUT2D eigenvalue weighted by Gasteiger charge is -2.25. The van der Waals surface area contributed by atoms with E-state index >= 15 is 0 Å². The highest BCUT2D eigenvalue weighted by molar-refractivity contribution is 5.24. The Hall–Kier alpha value is -1.81. The first-order valence-corrected chi connectivity index (χ1v) is 6.34. The molecule has 0 saturated carbocycles. The molecule has 2 N–H and O–H groups in total. The molecule has 0 bridgehead atoms. The molecule has 106 valence electrons. The third-order valence-electron chi connectivity index (χ3n) is 3.14. The van der Waals surface area contributed by atoms with Crippen molar-refractivity contribution >= 4 is 0 Å². The predicted octanol–water partition coefficient (Wildman–Crippen LogP) is 3.61. The minimum Gasteiger partial charge on any atom is -0.325 e. The summed E-state index contributed by atoms with van der Waals surface area (Å²) in [5, 5.41) is 0. The van der Waals surface area contributed by atoms with Crippen molar-refractivity contribution in [2.45, 2.75) is 25.3 Å². The zero-order valence-corrected chi connectivity index (χ0v) is 11.2. The quantitative estimate of drug-likeness (QED) is 0.909. The van der Waals surface area contributed by atoms with Gasteiger partial charge in [0.1, 0.15) is 5.82 Å². The fourth-order valence-electron chi connectivity index (χ4n) is 2.26. The number of hydrogen-bond acceptors (Lipinski definition) is 1. The van der Waals surface area contributed by atoms with Gasteiger partial charge in [0.25, 0.3) is 0 Å². The largest absolute Gasteiger partial charge is 0.325 e. The molecule has 0 fully saturated rings. The van der Waals surface area contributed by atoms with E-state index in [0.717, 1.165) is 12.1 Å². The van der Waals surface area contributed by atoms with Gasteiger partial charge in [-0.05, 0) is 49.1 Å². The van der Waals surface area contributed by atoms with Crippen LogP contribution in [0.3, 0.4) is 0 Å². The van der Waals surface area contributed by atoms with Crippen LogP contribution in [0, 0.1) is 17.5 Å². The summed E-state index contributed by atoms with van der Waals surface area (Å²) in [7, 11) is 0. The lowest BCUT2D eigenvalue weighted by atomic mass is 9.87. The highest BCUT2D eigenvalue weighted by atomic mass is 19.2. The second-order valence-corrected chi connectivity index (χ2v) is 5.35. The second kappa shape index (κ2) is 5.67. The van der Waals surface area contributed by atoms with E-state index in [2.05, 4.69) is 0 Å². The Labute approximate surface area is 116 Å². The fraction of sp³-hybridized carbons (Fsp3) is 0.250. The SMILES string of the molecule is CC(N)(Cc1ccc(F)c(F)c1)Cc1ccccc1F. The molecule has 1 unspecified atom stereocenters. The second-order valence-electron chi connectivity index (χ2n) is 5.35. The summed E-state index contributed by atoms with van der Waals surface area (Å²) in [5.41, 5.74) is 6.51. The van der Waals surface area contributed by atoms with E-state index in [9.17, 15) is 13.2 Å². The van der Waals surface area contributed by atoms with Gasteiger partial charge in [-0.15, -0.1) is 0 Å². The van der Waals surface area contributed by atoms with Gasteiger partial charge in [0.15, 0.2) is 11.6 Å². The van der Waals surface area contributed by atoms with Gasteiger partial charge >= 0.3 is 0 Å². The molecular weight excluding hydrogens is 263 g/mol. The van der Waals surface area contributed by atoms with Gasteiger partial charge in [0.2, 0.25) is 0 Å². The molecule has 0 aliphatic carbocycles. The van der Waals surface area contributed by atoms with Crippen molar-refractivity contribution in [2.24, 2.45) is 5.73 Å². The van der Waals surface area contributed by atoms with Gasteiger partial charge in [-0.2, -0.15) is 0 Å². The van der Waals surface area contributed by atoms with Crippen LogP contribution in [0.2, 0.25) is 0 Å². The molecule has 1 atom stereocenters. The third-order valence-corrected chi connectivity index (χ3v) is 3.14. The molecule has 0 spiro atoms. The zero-order valence-electron chi connectivity index (χ0n) is 11.2. The Morgan fingerprint density at radius 1 is 0.900 bits per heavy atom. The molecular formula is C16H16F3N. The molecule has 2 rings (SSSR count). The van der Waals surface area contributed by atoms with E-state index in [4.69, 9.17) is 5.73 Å². The summed E-state index contributed by atoms with van der Waals surface area (Å²) in [6.07, 6.45) is 0.650. The van der Waals surface area contributed by atoms with Crippen LogP contribution >= 0.6 is 0 Å². The minimum absolute atomic E-state index is 0.311. The Bertz CT molecular complexity index is 608. The molecule has 1 nitrogen and oxygen atoms in total. The van der Waals surface area contributed by atoms with E-state index in [1.165, 1.54) is 12.1 Å². The smallest absolute Gasteiger partial charge is 0.159 e. The first-order chi connectivity index (χ1) is 9.37. The maximum absolute atomic E-state index is 13.6. The van der Waals surface area contributed by atoms with Gasteiger partial charge in [-0.25, -0.2) is 13.2 Å². The summed E-state index contributed by atoms with van der Waals surface area (Å²) < 4.78 is 39.7. The number of rotatable bonds is 4. The third kappa shape index (κ3) is 3.61. The Kier molecular flexibility index (Phi) is 4.14. The molecule has 0 heterocycles. The molecule has 0 aliphatic rings. The monoisotopic (exact) mass is 279 g/mol. The van der Waals surface area contributed by atoms with E-state index in [-0.39, 0.29) is 5.82 Å². The summed E-state index contributed by atoms with van der Waals surface area (Å²) in [6, 6.07) is 10.1. The molecule has 2 aromatic rings. The zero-order chi connectivity index (χ0) is 14.8. The molecule has 20 heavy (non-hydrogen) atoms. The van der Waals surface area contributed by atoms with Crippen LogP contribution in [0.15, 0.2) is 42.5 Å². The molecule has 0 aliphatic heterocycles. The Balaban J connectivity index is 2.14. The molecule has 4 heteroatoms. The minimum atomic E-state index is -0.899. The Morgan fingerprint density at radius 2 is 1.60 bits per heavy atom. The highest BCUT2D eigenvalue weighted by Gasteiger charge is 2.22. The lowest BCUT2D eigenvalue weighted by molar-refractivity contribution is 0.447. The van der Waals surface area contributed by atoms with Crippen molar-refractivity contribution in [3.8, 4) is 0 Å². The standard InChI is InChI=1S/C16H16F3N/c1-16(20,10-12-4-2-3-5-13(12)17)9-11-6-7-14(18)15(19)8-11/h2-8H,9-10,20H2,1H3. The van der Waals surface area contributed by atoms with Crippen molar-refractivity contribution in [3.63, 3.8) is 0 Å². The van der Waals surface area contributed by atoms with Crippen LogP contribution in [0.1, 0.15) is 18.1 Å². The summed E-state index contributed by atoms with van der Waals surface area (Å²) in [4.78, 5) is 0. The predicted molar refractivity (Wildman–Crippen MR) is 72.8 cm³/mol. The summed E-state index contributed by atoms with van der Waals surface area (Å²) in [6.45, 7) is 1.76. The van der Waals surface area contributed by atoms with Crippen LogP contribution in [-0.4, -0.2) is 5.54 Å². The van der Waals surface area contributed by atoms with Crippen molar-refractivity contribution < 1.29 is 13.2 Å². The molecule has 0 saturated heterocycles. The molecule has 0 amide bonds. The van der Waals surface area contributed by atoms with Crippen LogP contribution in [0.5, 0.6) is 0 Å². The van der Waals surface area contributed by atoms with Gasteiger partial charge in [0.05, 0.1) is 0 Å². The topological polar surface area (TPSA) is 26.0 Å². The molecule has 0 aromatic heterocycles. The summed E-state index contributed by atoms with van der Waals surface area (Å²) in [5.74, 6) is -2.10. The van der Waals surface area contributed by atoms with E-state index in [1.54, 1.807) is 25.1 Å². The maximum atomic E-state index is 13.6. The lowest BCUT2D eigenvalue weighted by Crippen LogP contribution is -2.41. The number of nitrogens with two attached hydrogens (primary N) is 1. The van der Waals surface area contributed by atoms with Crippen LogP contribution in [0.25, 0.3) is 0 Å². The van der Waals surface area contributed by atoms with Gasteiger partial charge in [0, 0.05) is 5.54 Å². The van der Waals surface area contributed by atoms with Gasteiger partial charge in [-0.3, -0.25) is 0 Å². The fourth-order valence-corrected chi connectivity index (χ4v) is 2.26. The maximum Gasteiger partial charge on any atom is 0.159 e. The van der Waals surface area contributed by atoms with Gasteiger partial charge < -0.3 is 5.73 Å². The average molecular weight is 279 g/mol.